The van der Waals surface area contributed by atoms with Gasteiger partial charge in [-0.1, -0.05) is 29.8 Å². The standard InChI is InChI=1S/C38H48ClN3O7/c1-37(2,3)48-35(43)27-16-18-41(22-32(27)46-8)33-14-10-13-30(40-33)26-11-9-12-29(39)34(26)47-23-24-19-25-15-17-42(36(44)49-38(4,5)6)21-28(25)31(20-24)45-7/h9-14,19-20,27,32H,15-18,21-23H2,1-8H3/t27-,32+/m0/s1. The van der Waals surface area contributed by atoms with E-state index in [9.17, 15) is 9.59 Å². The number of fused-ring (bicyclic) bond motifs is 1. The van der Waals surface area contributed by atoms with Gasteiger partial charge in [-0.15, -0.1) is 0 Å². The van der Waals surface area contributed by atoms with Gasteiger partial charge in [-0.05, 0) is 95.8 Å². The summed E-state index contributed by atoms with van der Waals surface area (Å²) in [5.74, 6) is 1.42. The van der Waals surface area contributed by atoms with E-state index in [1.54, 1.807) is 25.2 Å². The number of halogens is 1. The number of hydrogen-bond donors (Lipinski definition) is 0. The van der Waals surface area contributed by atoms with Crippen molar-refractivity contribution in [3.8, 4) is 22.8 Å². The lowest BCUT2D eigenvalue weighted by Crippen LogP contribution is -2.49. The minimum atomic E-state index is -0.565. The van der Waals surface area contributed by atoms with Crippen LogP contribution in [0.1, 0.15) is 64.7 Å². The molecule has 3 aromatic rings. The Labute approximate surface area is 294 Å². The summed E-state index contributed by atoms with van der Waals surface area (Å²) in [6.45, 7) is 13.6. The van der Waals surface area contributed by atoms with Gasteiger partial charge >= 0.3 is 12.1 Å². The van der Waals surface area contributed by atoms with Crippen LogP contribution in [0, 0.1) is 5.92 Å². The molecule has 0 radical (unpaired) electrons. The zero-order valence-corrected chi connectivity index (χ0v) is 30.6. The Balaban J connectivity index is 1.32. The molecule has 1 fully saturated rings. The van der Waals surface area contributed by atoms with E-state index in [1.807, 2.05) is 77.9 Å². The van der Waals surface area contributed by atoms with Crippen LogP contribution in [0.5, 0.6) is 11.5 Å². The third-order valence-electron chi connectivity index (χ3n) is 8.49. The summed E-state index contributed by atoms with van der Waals surface area (Å²) in [7, 11) is 3.26. The van der Waals surface area contributed by atoms with Crippen LogP contribution in [-0.4, -0.2) is 73.1 Å². The lowest BCUT2D eigenvalue weighted by molar-refractivity contribution is -0.165. The van der Waals surface area contributed by atoms with Gasteiger partial charge in [0.2, 0.25) is 0 Å². The van der Waals surface area contributed by atoms with Gasteiger partial charge in [-0.2, -0.15) is 0 Å². The Morgan fingerprint density at radius 1 is 0.959 bits per heavy atom. The molecule has 2 aromatic carbocycles. The number of anilines is 1. The quantitative estimate of drug-likeness (QED) is 0.223. The van der Waals surface area contributed by atoms with Crippen molar-refractivity contribution in [1.29, 1.82) is 0 Å². The zero-order chi connectivity index (χ0) is 35.5. The van der Waals surface area contributed by atoms with Crippen LogP contribution in [-0.2, 0) is 38.6 Å². The Bertz CT molecular complexity index is 1650. The molecule has 0 saturated carbocycles. The number of nitrogens with zero attached hydrogens (tertiary/aromatic N) is 3. The molecule has 0 aliphatic carbocycles. The van der Waals surface area contributed by atoms with Crippen LogP contribution in [0.3, 0.4) is 0 Å². The number of hydrogen-bond acceptors (Lipinski definition) is 9. The summed E-state index contributed by atoms with van der Waals surface area (Å²) in [6.07, 6.45) is 0.605. The molecule has 1 saturated heterocycles. The number of carbonyl (C=O) groups excluding carboxylic acids is 2. The van der Waals surface area contributed by atoms with E-state index in [0.717, 1.165) is 28.1 Å². The molecule has 3 heterocycles. The van der Waals surface area contributed by atoms with Gasteiger partial charge in [0.05, 0.1) is 36.4 Å². The number of benzene rings is 2. The second-order valence-corrected chi connectivity index (χ2v) is 14.9. The Kier molecular flexibility index (Phi) is 11.0. The number of carbonyl (C=O) groups is 2. The average Bonchev–Trinajstić information content (AvgIpc) is 3.05. The first kappa shape index (κ1) is 36.3. The van der Waals surface area contributed by atoms with Crippen LogP contribution in [0.2, 0.25) is 5.02 Å². The van der Waals surface area contributed by atoms with Crippen molar-refractivity contribution in [2.75, 3.05) is 38.8 Å². The summed E-state index contributed by atoms with van der Waals surface area (Å²) in [5.41, 5.74) is 3.35. The number of methoxy groups -OCH3 is 2. The van der Waals surface area contributed by atoms with Crippen molar-refractivity contribution in [1.82, 2.24) is 9.88 Å². The molecular formula is C38H48ClN3O7. The Hall–Kier alpha value is -4.02. The zero-order valence-electron chi connectivity index (χ0n) is 29.8. The molecule has 11 heteroatoms. The number of amides is 1. The summed E-state index contributed by atoms with van der Waals surface area (Å²) < 4.78 is 29.2. The molecular weight excluding hydrogens is 646 g/mol. The van der Waals surface area contributed by atoms with E-state index in [2.05, 4.69) is 11.0 Å². The molecule has 0 spiro atoms. The summed E-state index contributed by atoms with van der Waals surface area (Å²) in [5, 5.41) is 0.472. The first-order valence-electron chi connectivity index (χ1n) is 16.7. The Morgan fingerprint density at radius 2 is 1.69 bits per heavy atom. The predicted molar refractivity (Wildman–Crippen MR) is 189 cm³/mol. The van der Waals surface area contributed by atoms with Gasteiger partial charge in [0.25, 0.3) is 0 Å². The fourth-order valence-electron chi connectivity index (χ4n) is 6.21. The normalized spacial score (nSPS) is 18.1. The van der Waals surface area contributed by atoms with Gasteiger partial charge in [0, 0.05) is 37.9 Å². The number of para-hydroxylation sites is 1. The van der Waals surface area contributed by atoms with Gasteiger partial charge in [-0.25, -0.2) is 9.78 Å². The molecule has 2 aliphatic rings. The fraction of sp³-hybridized carbons (Fsp3) is 0.500. The van der Waals surface area contributed by atoms with E-state index in [1.165, 1.54) is 0 Å². The van der Waals surface area contributed by atoms with Gasteiger partial charge in [0.15, 0.2) is 0 Å². The molecule has 2 aliphatic heterocycles. The van der Waals surface area contributed by atoms with Crippen molar-refractivity contribution in [3.63, 3.8) is 0 Å². The number of esters is 1. The van der Waals surface area contributed by atoms with Crippen LogP contribution in [0.15, 0.2) is 48.5 Å². The first-order valence-corrected chi connectivity index (χ1v) is 17.1. The number of ether oxygens (including phenoxy) is 5. The number of piperidine rings is 1. The van der Waals surface area contributed by atoms with Crippen LogP contribution < -0.4 is 14.4 Å². The second kappa shape index (κ2) is 14.8. The van der Waals surface area contributed by atoms with Gasteiger partial charge in [0.1, 0.15) is 35.1 Å². The lowest BCUT2D eigenvalue weighted by atomic mass is 9.93. The molecule has 0 unspecified atom stereocenters. The molecule has 10 nitrogen and oxygen atoms in total. The van der Waals surface area contributed by atoms with Crippen molar-refractivity contribution in [2.24, 2.45) is 5.92 Å². The molecule has 0 N–H and O–H groups in total. The summed E-state index contributed by atoms with van der Waals surface area (Å²) in [6, 6.07) is 15.5. The Morgan fingerprint density at radius 3 is 2.39 bits per heavy atom. The highest BCUT2D eigenvalue weighted by Gasteiger charge is 2.37. The van der Waals surface area contributed by atoms with Crippen LogP contribution in [0.25, 0.3) is 11.3 Å². The van der Waals surface area contributed by atoms with Crippen molar-refractivity contribution in [2.45, 2.75) is 84.8 Å². The number of aromatic nitrogens is 1. The van der Waals surface area contributed by atoms with Crippen molar-refractivity contribution < 1.29 is 33.3 Å². The largest absolute Gasteiger partial charge is 0.496 e. The highest BCUT2D eigenvalue weighted by molar-refractivity contribution is 6.32. The van der Waals surface area contributed by atoms with Crippen molar-refractivity contribution in [3.05, 3.63) is 70.2 Å². The maximum Gasteiger partial charge on any atom is 0.410 e. The van der Waals surface area contributed by atoms with E-state index in [0.29, 0.717) is 61.2 Å². The highest BCUT2D eigenvalue weighted by Crippen LogP contribution is 2.38. The molecule has 0 bridgehead atoms. The smallest absolute Gasteiger partial charge is 0.410 e. The van der Waals surface area contributed by atoms with Crippen LogP contribution >= 0.6 is 11.6 Å². The summed E-state index contributed by atoms with van der Waals surface area (Å²) in [4.78, 5) is 34.5. The molecule has 1 amide bonds. The predicted octanol–water partition coefficient (Wildman–Crippen LogP) is 7.47. The second-order valence-electron chi connectivity index (χ2n) is 14.5. The van der Waals surface area contributed by atoms with Gasteiger partial charge < -0.3 is 33.5 Å². The maximum atomic E-state index is 12.9. The monoisotopic (exact) mass is 693 g/mol. The molecule has 2 atom stereocenters. The number of rotatable bonds is 8. The van der Waals surface area contributed by atoms with E-state index >= 15 is 0 Å². The maximum absolute atomic E-state index is 12.9. The van der Waals surface area contributed by atoms with E-state index < -0.39 is 11.2 Å². The lowest BCUT2D eigenvalue weighted by Gasteiger charge is -2.38. The minimum absolute atomic E-state index is 0.235. The molecule has 1 aromatic heterocycles. The third-order valence-corrected chi connectivity index (χ3v) is 8.79. The third kappa shape index (κ3) is 8.97. The molecule has 49 heavy (non-hydrogen) atoms. The van der Waals surface area contributed by atoms with E-state index in [-0.39, 0.29) is 30.7 Å². The topological polar surface area (TPSA) is 99.7 Å². The number of pyridine rings is 1. The van der Waals surface area contributed by atoms with Gasteiger partial charge in [-0.3, -0.25) is 4.79 Å². The highest BCUT2D eigenvalue weighted by atomic mass is 35.5. The summed E-state index contributed by atoms with van der Waals surface area (Å²) >= 11 is 6.73. The van der Waals surface area contributed by atoms with Crippen molar-refractivity contribution >= 4 is 29.5 Å². The first-order chi connectivity index (χ1) is 23.2. The molecule has 264 valence electrons. The minimum Gasteiger partial charge on any atom is -0.496 e. The SMILES string of the molecule is COc1cc(COc2c(Cl)cccc2-c2cccc(N3CC[C@H](C(=O)OC(C)(C)C)[C@H](OC)C3)n2)cc2c1CN(C(=O)OC(C)(C)C)CC2. The fourth-order valence-corrected chi connectivity index (χ4v) is 6.44. The molecule has 5 rings (SSSR count). The average molecular weight is 694 g/mol. The van der Waals surface area contributed by atoms with E-state index in [4.69, 9.17) is 40.3 Å². The van der Waals surface area contributed by atoms with Crippen LogP contribution in [0.4, 0.5) is 10.6 Å².